The van der Waals surface area contributed by atoms with E-state index in [4.69, 9.17) is 10.5 Å². The van der Waals surface area contributed by atoms with Crippen molar-refractivity contribution in [3.63, 3.8) is 0 Å². The van der Waals surface area contributed by atoms with E-state index in [9.17, 15) is 0 Å². The Kier molecular flexibility index (Phi) is 5.24. The first kappa shape index (κ1) is 14.7. The summed E-state index contributed by atoms with van der Waals surface area (Å²) >= 11 is 1.71. The van der Waals surface area contributed by atoms with Crippen molar-refractivity contribution in [1.29, 1.82) is 0 Å². The van der Waals surface area contributed by atoms with Crippen molar-refractivity contribution in [3.05, 3.63) is 34.3 Å². The molecule has 1 aromatic carbocycles. The standard InChI is InChI=1S/C15H21N3OS/c1-3-8-19-14-9-12(4-5-13(14)16)17-7-6-15-18-11(2)10-20-15/h4-5,9-10,17H,3,6-8,16H2,1-2H3. The number of aromatic nitrogens is 1. The molecule has 108 valence electrons. The fraction of sp³-hybridized carbons (Fsp3) is 0.400. The molecule has 20 heavy (non-hydrogen) atoms. The van der Waals surface area contributed by atoms with E-state index in [0.29, 0.717) is 12.3 Å². The topological polar surface area (TPSA) is 60.2 Å². The van der Waals surface area contributed by atoms with Crippen LogP contribution in [0.25, 0.3) is 0 Å². The van der Waals surface area contributed by atoms with Gasteiger partial charge in [0, 0.05) is 35.8 Å². The smallest absolute Gasteiger partial charge is 0.144 e. The quantitative estimate of drug-likeness (QED) is 0.767. The number of rotatable bonds is 7. The molecular formula is C15H21N3OS. The van der Waals surface area contributed by atoms with Gasteiger partial charge in [0.1, 0.15) is 5.75 Å². The monoisotopic (exact) mass is 291 g/mol. The number of nitrogens with one attached hydrogen (secondary N) is 1. The van der Waals surface area contributed by atoms with Gasteiger partial charge < -0.3 is 15.8 Å². The fourth-order valence-corrected chi connectivity index (χ4v) is 2.59. The first-order chi connectivity index (χ1) is 9.69. The lowest BCUT2D eigenvalue weighted by Crippen LogP contribution is -2.06. The Labute approximate surface area is 124 Å². The molecule has 0 radical (unpaired) electrons. The highest BCUT2D eigenvalue weighted by Gasteiger charge is 2.03. The minimum atomic E-state index is 0.680. The van der Waals surface area contributed by atoms with E-state index in [1.165, 1.54) is 0 Å². The minimum Gasteiger partial charge on any atom is -0.491 e. The van der Waals surface area contributed by atoms with Gasteiger partial charge in [-0.25, -0.2) is 4.98 Å². The van der Waals surface area contributed by atoms with Gasteiger partial charge in [0.2, 0.25) is 0 Å². The molecule has 0 aliphatic rings. The van der Waals surface area contributed by atoms with E-state index >= 15 is 0 Å². The Hall–Kier alpha value is -1.75. The Morgan fingerprint density at radius 3 is 2.95 bits per heavy atom. The summed E-state index contributed by atoms with van der Waals surface area (Å²) in [5.74, 6) is 0.752. The van der Waals surface area contributed by atoms with Crippen LogP contribution in [0.3, 0.4) is 0 Å². The average molecular weight is 291 g/mol. The van der Waals surface area contributed by atoms with Crippen LogP contribution >= 0.6 is 11.3 Å². The third kappa shape index (κ3) is 4.13. The number of thiazole rings is 1. The van der Waals surface area contributed by atoms with Gasteiger partial charge in [0.15, 0.2) is 0 Å². The summed E-state index contributed by atoms with van der Waals surface area (Å²) in [6.07, 6.45) is 1.90. The van der Waals surface area contributed by atoms with Gasteiger partial charge in [-0.1, -0.05) is 6.92 Å². The zero-order chi connectivity index (χ0) is 14.4. The summed E-state index contributed by atoms with van der Waals surface area (Å²) in [6, 6.07) is 5.81. The highest BCUT2D eigenvalue weighted by atomic mass is 32.1. The molecule has 3 N–H and O–H groups in total. The third-order valence-electron chi connectivity index (χ3n) is 2.81. The summed E-state index contributed by atoms with van der Waals surface area (Å²) < 4.78 is 5.62. The molecule has 0 amide bonds. The largest absolute Gasteiger partial charge is 0.491 e. The number of ether oxygens (including phenoxy) is 1. The number of nitrogens with two attached hydrogens (primary N) is 1. The summed E-state index contributed by atoms with van der Waals surface area (Å²) in [7, 11) is 0. The van der Waals surface area contributed by atoms with Crippen molar-refractivity contribution < 1.29 is 4.74 Å². The maximum atomic E-state index is 5.89. The lowest BCUT2D eigenvalue weighted by molar-refractivity contribution is 0.319. The number of benzene rings is 1. The van der Waals surface area contributed by atoms with Gasteiger partial charge in [-0.05, 0) is 25.5 Å². The molecule has 0 aliphatic carbocycles. The number of anilines is 2. The van der Waals surface area contributed by atoms with Crippen molar-refractivity contribution in [3.8, 4) is 5.75 Å². The van der Waals surface area contributed by atoms with E-state index in [0.717, 1.165) is 41.5 Å². The molecular weight excluding hydrogens is 270 g/mol. The first-order valence-electron chi connectivity index (χ1n) is 6.86. The van der Waals surface area contributed by atoms with Gasteiger partial charge in [-0.15, -0.1) is 11.3 Å². The molecule has 1 heterocycles. The molecule has 2 aromatic rings. The highest BCUT2D eigenvalue weighted by molar-refractivity contribution is 7.09. The molecule has 0 fully saturated rings. The van der Waals surface area contributed by atoms with Crippen LogP contribution in [0.15, 0.2) is 23.6 Å². The number of hydrogen-bond donors (Lipinski definition) is 2. The SMILES string of the molecule is CCCOc1cc(NCCc2nc(C)cs2)ccc1N. The average Bonchev–Trinajstić information content (AvgIpc) is 2.85. The maximum Gasteiger partial charge on any atom is 0.144 e. The number of aryl methyl sites for hydroxylation is 1. The molecule has 0 bridgehead atoms. The molecule has 5 heteroatoms. The number of nitrogens with zero attached hydrogens (tertiary/aromatic N) is 1. The zero-order valence-electron chi connectivity index (χ0n) is 12.0. The second-order valence-corrected chi connectivity index (χ2v) is 5.60. The molecule has 0 saturated heterocycles. The summed E-state index contributed by atoms with van der Waals surface area (Å²) in [4.78, 5) is 4.45. The van der Waals surface area contributed by atoms with Crippen molar-refractivity contribution in [2.24, 2.45) is 0 Å². The molecule has 0 saturated carbocycles. The van der Waals surface area contributed by atoms with E-state index in [-0.39, 0.29) is 0 Å². The molecule has 2 rings (SSSR count). The van der Waals surface area contributed by atoms with Crippen LogP contribution in [-0.2, 0) is 6.42 Å². The first-order valence-corrected chi connectivity index (χ1v) is 7.74. The predicted octanol–water partition coefficient (Wildman–Crippen LogP) is 3.48. The van der Waals surface area contributed by atoms with Crippen LogP contribution in [0.4, 0.5) is 11.4 Å². The maximum absolute atomic E-state index is 5.89. The van der Waals surface area contributed by atoms with E-state index < -0.39 is 0 Å². The second kappa shape index (κ2) is 7.14. The number of nitrogen functional groups attached to an aromatic ring is 1. The van der Waals surface area contributed by atoms with E-state index in [2.05, 4.69) is 22.6 Å². The fourth-order valence-electron chi connectivity index (χ4n) is 1.81. The molecule has 4 nitrogen and oxygen atoms in total. The van der Waals surface area contributed by atoms with Crippen LogP contribution in [0.5, 0.6) is 5.75 Å². The molecule has 1 aromatic heterocycles. The van der Waals surface area contributed by atoms with Crippen molar-refractivity contribution >= 4 is 22.7 Å². The van der Waals surface area contributed by atoms with Crippen molar-refractivity contribution in [2.75, 3.05) is 24.2 Å². The van der Waals surface area contributed by atoms with Crippen molar-refractivity contribution in [2.45, 2.75) is 26.7 Å². The van der Waals surface area contributed by atoms with Crippen LogP contribution in [-0.4, -0.2) is 18.1 Å². The Morgan fingerprint density at radius 2 is 2.25 bits per heavy atom. The second-order valence-electron chi connectivity index (χ2n) is 4.66. The lowest BCUT2D eigenvalue weighted by atomic mass is 10.2. The molecule has 0 spiro atoms. The molecule has 0 unspecified atom stereocenters. The zero-order valence-corrected chi connectivity index (χ0v) is 12.8. The summed E-state index contributed by atoms with van der Waals surface area (Å²) in [5.41, 5.74) is 8.69. The van der Waals surface area contributed by atoms with E-state index in [1.807, 2.05) is 25.1 Å². The molecule has 0 aliphatic heterocycles. The predicted molar refractivity (Wildman–Crippen MR) is 85.7 cm³/mol. The van der Waals surface area contributed by atoms with Gasteiger partial charge in [0.05, 0.1) is 17.3 Å². The van der Waals surface area contributed by atoms with Crippen LogP contribution in [0.1, 0.15) is 24.0 Å². The van der Waals surface area contributed by atoms with E-state index in [1.54, 1.807) is 11.3 Å². The van der Waals surface area contributed by atoms with Gasteiger partial charge in [-0.2, -0.15) is 0 Å². The van der Waals surface area contributed by atoms with Gasteiger partial charge in [0.25, 0.3) is 0 Å². The third-order valence-corrected chi connectivity index (χ3v) is 3.84. The van der Waals surface area contributed by atoms with Crippen molar-refractivity contribution in [1.82, 2.24) is 4.98 Å². The number of hydrogen-bond acceptors (Lipinski definition) is 5. The Morgan fingerprint density at radius 1 is 1.40 bits per heavy atom. The van der Waals surface area contributed by atoms with Crippen LogP contribution < -0.4 is 15.8 Å². The van der Waals surface area contributed by atoms with Gasteiger partial charge in [-0.3, -0.25) is 0 Å². The van der Waals surface area contributed by atoms with Crippen LogP contribution in [0.2, 0.25) is 0 Å². The Balaban J connectivity index is 1.89. The molecule has 0 atom stereocenters. The van der Waals surface area contributed by atoms with Gasteiger partial charge >= 0.3 is 0 Å². The lowest BCUT2D eigenvalue weighted by Gasteiger charge is -2.11. The summed E-state index contributed by atoms with van der Waals surface area (Å²) in [5, 5.41) is 6.62. The normalized spacial score (nSPS) is 10.5. The van der Waals surface area contributed by atoms with Crippen LogP contribution in [0, 0.1) is 6.92 Å². The highest BCUT2D eigenvalue weighted by Crippen LogP contribution is 2.25. The summed E-state index contributed by atoms with van der Waals surface area (Å²) in [6.45, 7) is 5.63. The Bertz CT molecular complexity index is 554. The minimum absolute atomic E-state index is 0.680.